The van der Waals surface area contributed by atoms with Gasteiger partial charge >= 0.3 is 0 Å². The third kappa shape index (κ3) is 3.74. The number of carbonyl (C=O) groups excluding carboxylic acids is 1. The molecular formula is C20H21N5O. The Kier molecular flexibility index (Phi) is 4.39. The molecule has 1 aliphatic rings. The first-order valence-corrected chi connectivity index (χ1v) is 8.83. The fourth-order valence-electron chi connectivity index (χ4n) is 2.92. The summed E-state index contributed by atoms with van der Waals surface area (Å²) in [7, 11) is 0. The van der Waals surface area contributed by atoms with E-state index in [4.69, 9.17) is 5.73 Å². The van der Waals surface area contributed by atoms with Crippen LogP contribution in [0.15, 0.2) is 55.0 Å². The van der Waals surface area contributed by atoms with E-state index in [-0.39, 0.29) is 5.91 Å². The highest BCUT2D eigenvalue weighted by Gasteiger charge is 2.22. The van der Waals surface area contributed by atoms with Gasteiger partial charge in [0.05, 0.1) is 0 Å². The minimum Gasteiger partial charge on any atom is -0.384 e. The summed E-state index contributed by atoms with van der Waals surface area (Å²) in [6.45, 7) is 0. The van der Waals surface area contributed by atoms with Gasteiger partial charge in [-0.1, -0.05) is 12.1 Å². The smallest absolute Gasteiger partial charge is 0.220 e. The summed E-state index contributed by atoms with van der Waals surface area (Å²) in [5.41, 5.74) is 8.86. The van der Waals surface area contributed by atoms with Crippen molar-refractivity contribution in [3.8, 4) is 17.1 Å². The number of nitrogens with two attached hydrogens (primary N) is 1. The molecule has 2 heterocycles. The maximum atomic E-state index is 11.8. The van der Waals surface area contributed by atoms with Crippen molar-refractivity contribution in [2.75, 3.05) is 5.73 Å². The van der Waals surface area contributed by atoms with Crippen LogP contribution in [-0.4, -0.2) is 26.5 Å². The lowest BCUT2D eigenvalue weighted by Crippen LogP contribution is -2.25. The van der Waals surface area contributed by atoms with E-state index >= 15 is 0 Å². The Balaban J connectivity index is 1.47. The van der Waals surface area contributed by atoms with Crippen molar-refractivity contribution >= 4 is 11.7 Å². The van der Waals surface area contributed by atoms with Gasteiger partial charge in [-0.25, -0.2) is 9.97 Å². The number of hydrogen-bond acceptors (Lipinski definition) is 4. The minimum absolute atomic E-state index is 0.142. The van der Waals surface area contributed by atoms with Gasteiger partial charge in [0, 0.05) is 42.3 Å². The quantitative estimate of drug-likeness (QED) is 0.718. The summed E-state index contributed by atoms with van der Waals surface area (Å²) in [5, 5.41) is 3.02. The summed E-state index contributed by atoms with van der Waals surface area (Å²) >= 11 is 0. The lowest BCUT2D eigenvalue weighted by Gasteiger charge is -2.09. The zero-order chi connectivity index (χ0) is 17.9. The number of rotatable bonds is 6. The maximum Gasteiger partial charge on any atom is 0.220 e. The molecule has 1 amide bonds. The van der Waals surface area contributed by atoms with Crippen molar-refractivity contribution < 1.29 is 4.79 Å². The van der Waals surface area contributed by atoms with Crippen LogP contribution >= 0.6 is 0 Å². The number of anilines is 1. The number of hydrogen-bond donors (Lipinski definition) is 2. The first kappa shape index (κ1) is 16.3. The van der Waals surface area contributed by atoms with Crippen molar-refractivity contribution in [2.45, 2.75) is 31.7 Å². The molecule has 6 nitrogen and oxygen atoms in total. The Bertz CT molecular complexity index is 912. The fraction of sp³-hybridized carbons (Fsp3) is 0.250. The Morgan fingerprint density at radius 2 is 1.96 bits per heavy atom. The minimum atomic E-state index is 0.142. The molecule has 2 aromatic heterocycles. The first-order chi connectivity index (χ1) is 12.7. The van der Waals surface area contributed by atoms with Crippen LogP contribution in [0.3, 0.4) is 0 Å². The van der Waals surface area contributed by atoms with E-state index in [1.807, 2.05) is 35.0 Å². The highest BCUT2D eigenvalue weighted by Crippen LogP contribution is 2.23. The fourth-order valence-corrected chi connectivity index (χ4v) is 2.92. The Labute approximate surface area is 152 Å². The van der Waals surface area contributed by atoms with E-state index < -0.39 is 0 Å². The molecule has 3 N–H and O–H groups in total. The van der Waals surface area contributed by atoms with Crippen molar-refractivity contribution in [3.63, 3.8) is 0 Å². The molecule has 0 saturated heterocycles. The summed E-state index contributed by atoms with van der Waals surface area (Å²) in [6.07, 6.45) is 8.89. The monoisotopic (exact) mass is 347 g/mol. The number of amides is 1. The van der Waals surface area contributed by atoms with Gasteiger partial charge in [-0.15, -0.1) is 0 Å². The summed E-state index contributed by atoms with van der Waals surface area (Å²) in [4.78, 5) is 20.3. The Morgan fingerprint density at radius 3 is 2.69 bits per heavy atom. The summed E-state index contributed by atoms with van der Waals surface area (Å²) in [5.74, 6) is 1.43. The molecule has 1 aromatic carbocycles. The highest BCUT2D eigenvalue weighted by molar-refractivity contribution is 5.76. The zero-order valence-corrected chi connectivity index (χ0v) is 14.4. The lowest BCUT2D eigenvalue weighted by atomic mass is 10.1. The van der Waals surface area contributed by atoms with Crippen LogP contribution in [0.2, 0.25) is 0 Å². The van der Waals surface area contributed by atoms with Crippen molar-refractivity contribution in [1.82, 2.24) is 19.9 Å². The second-order valence-electron chi connectivity index (χ2n) is 6.60. The van der Waals surface area contributed by atoms with Crippen molar-refractivity contribution in [2.24, 2.45) is 0 Å². The maximum absolute atomic E-state index is 11.8. The molecule has 0 unspecified atom stereocenters. The molecule has 3 aromatic rings. The molecule has 0 bridgehead atoms. The Morgan fingerprint density at radius 1 is 1.15 bits per heavy atom. The molecule has 26 heavy (non-hydrogen) atoms. The van der Waals surface area contributed by atoms with Crippen LogP contribution in [0.4, 0.5) is 5.82 Å². The molecule has 132 valence electrons. The van der Waals surface area contributed by atoms with Crippen LogP contribution in [0.1, 0.15) is 24.8 Å². The average Bonchev–Trinajstić information content (AvgIpc) is 3.32. The molecule has 0 atom stereocenters. The second-order valence-corrected chi connectivity index (χ2v) is 6.60. The molecule has 1 aliphatic carbocycles. The number of carbonyl (C=O) groups is 1. The van der Waals surface area contributed by atoms with Crippen LogP contribution in [0, 0.1) is 0 Å². The molecule has 1 fully saturated rings. The van der Waals surface area contributed by atoms with Gasteiger partial charge < -0.3 is 11.1 Å². The third-order valence-electron chi connectivity index (χ3n) is 4.48. The number of pyridine rings is 1. The average molecular weight is 347 g/mol. The van der Waals surface area contributed by atoms with E-state index in [0.29, 0.717) is 18.3 Å². The highest BCUT2D eigenvalue weighted by atomic mass is 16.1. The van der Waals surface area contributed by atoms with Crippen molar-refractivity contribution in [3.05, 3.63) is 60.6 Å². The molecular weight excluding hydrogens is 326 g/mol. The van der Waals surface area contributed by atoms with E-state index in [1.54, 1.807) is 12.4 Å². The largest absolute Gasteiger partial charge is 0.384 e. The topological polar surface area (TPSA) is 85.8 Å². The van der Waals surface area contributed by atoms with E-state index in [9.17, 15) is 4.79 Å². The van der Waals surface area contributed by atoms with Crippen LogP contribution in [0.25, 0.3) is 17.1 Å². The molecule has 6 heteroatoms. The van der Waals surface area contributed by atoms with Gasteiger partial charge in [0.1, 0.15) is 11.6 Å². The van der Waals surface area contributed by atoms with Gasteiger partial charge in [-0.3, -0.25) is 9.36 Å². The predicted molar refractivity (Wildman–Crippen MR) is 101 cm³/mol. The molecule has 0 spiro atoms. The molecule has 0 radical (unpaired) electrons. The van der Waals surface area contributed by atoms with Gasteiger partial charge in [0.2, 0.25) is 5.91 Å². The number of aromatic nitrogens is 3. The van der Waals surface area contributed by atoms with E-state index in [2.05, 4.69) is 27.4 Å². The van der Waals surface area contributed by atoms with E-state index in [0.717, 1.165) is 41.9 Å². The van der Waals surface area contributed by atoms with Crippen LogP contribution < -0.4 is 11.1 Å². The van der Waals surface area contributed by atoms with Crippen LogP contribution in [-0.2, 0) is 11.2 Å². The summed E-state index contributed by atoms with van der Waals surface area (Å²) in [6, 6.07) is 12.3. The number of nitrogen functional groups attached to an aromatic ring is 1. The molecule has 0 aliphatic heterocycles. The van der Waals surface area contributed by atoms with Gasteiger partial charge in [0.25, 0.3) is 0 Å². The predicted octanol–water partition coefficient (Wildman–Crippen LogP) is 2.73. The molecule has 4 rings (SSSR count). The number of nitrogens with zero attached hydrogens (tertiary/aromatic N) is 3. The lowest BCUT2D eigenvalue weighted by molar-refractivity contribution is -0.121. The summed E-state index contributed by atoms with van der Waals surface area (Å²) < 4.78 is 2.01. The van der Waals surface area contributed by atoms with Crippen LogP contribution in [0.5, 0.6) is 0 Å². The van der Waals surface area contributed by atoms with Crippen molar-refractivity contribution in [1.29, 1.82) is 0 Å². The van der Waals surface area contributed by atoms with Gasteiger partial charge in [-0.2, -0.15) is 0 Å². The van der Waals surface area contributed by atoms with Gasteiger partial charge in [-0.05, 0) is 49.1 Å². The SMILES string of the molecule is Nc1cc(-c2nccn2-c2ccc(CCC(=O)NC3CC3)cc2)ccn1. The molecule has 1 saturated carbocycles. The first-order valence-electron chi connectivity index (χ1n) is 8.83. The second kappa shape index (κ2) is 7.00. The number of nitrogens with one attached hydrogen (secondary N) is 1. The van der Waals surface area contributed by atoms with Gasteiger partial charge in [0.15, 0.2) is 0 Å². The third-order valence-corrected chi connectivity index (χ3v) is 4.48. The Hall–Kier alpha value is -3.15. The number of benzene rings is 1. The zero-order valence-electron chi connectivity index (χ0n) is 14.4. The number of imidazole rings is 1. The standard InChI is InChI=1S/C20H21N5O/c21-18-13-15(9-10-22-18)20-23-11-12-25(20)17-6-1-14(2-7-17)3-8-19(26)24-16-4-5-16/h1-2,6-7,9-13,16H,3-5,8H2,(H2,21,22)(H,24,26). The normalized spacial score (nSPS) is 13.5. The van der Waals surface area contributed by atoms with E-state index in [1.165, 1.54) is 0 Å². The number of aryl methyl sites for hydroxylation is 1.